The summed E-state index contributed by atoms with van der Waals surface area (Å²) in [6.07, 6.45) is 2.61. The van der Waals surface area contributed by atoms with E-state index in [4.69, 9.17) is 10.5 Å². The van der Waals surface area contributed by atoms with Gasteiger partial charge in [0.25, 0.3) is 0 Å². The minimum absolute atomic E-state index is 0.154. The van der Waals surface area contributed by atoms with Crippen LogP contribution in [0.1, 0.15) is 16.8 Å². The number of benzene rings is 1. The fraction of sp³-hybridized carbons (Fsp3) is 0.308. The second-order valence-electron chi connectivity index (χ2n) is 4.11. The molecule has 0 saturated carbocycles. The van der Waals surface area contributed by atoms with Crippen LogP contribution < -0.4 is 15.8 Å². The first-order valence-electron chi connectivity index (χ1n) is 5.67. The third-order valence-electron chi connectivity index (χ3n) is 2.79. The summed E-state index contributed by atoms with van der Waals surface area (Å²) in [5.41, 5.74) is 7.50. The standard InChI is InChI=1S/C13H16N2O3/c1-3-4-9-7-18-11-6-8(13(16)17-2)5-10(14)12(11)15-9/h3,5-6,9,15H,1,4,7,14H2,2H3/t9-/m1/s1. The van der Waals surface area contributed by atoms with Crippen molar-refractivity contribution in [1.82, 2.24) is 0 Å². The summed E-state index contributed by atoms with van der Waals surface area (Å²) in [7, 11) is 1.33. The van der Waals surface area contributed by atoms with Crippen LogP contribution in [0.15, 0.2) is 24.8 Å². The van der Waals surface area contributed by atoms with Crippen molar-refractivity contribution in [3.05, 3.63) is 30.4 Å². The van der Waals surface area contributed by atoms with Crippen molar-refractivity contribution in [3.8, 4) is 5.75 Å². The van der Waals surface area contributed by atoms with E-state index in [-0.39, 0.29) is 6.04 Å². The van der Waals surface area contributed by atoms with Crippen LogP contribution in [0.3, 0.4) is 0 Å². The molecule has 1 aromatic carbocycles. The molecule has 0 bridgehead atoms. The summed E-state index contributed by atoms with van der Waals surface area (Å²) in [6.45, 7) is 4.21. The van der Waals surface area contributed by atoms with Gasteiger partial charge in [-0.2, -0.15) is 0 Å². The van der Waals surface area contributed by atoms with Gasteiger partial charge in [-0.1, -0.05) is 6.08 Å². The molecule has 5 nitrogen and oxygen atoms in total. The van der Waals surface area contributed by atoms with E-state index in [0.717, 1.165) is 12.1 Å². The van der Waals surface area contributed by atoms with Crippen LogP contribution in [-0.2, 0) is 4.74 Å². The Hall–Kier alpha value is -2.17. The Kier molecular flexibility index (Phi) is 3.41. The van der Waals surface area contributed by atoms with E-state index in [9.17, 15) is 4.79 Å². The predicted molar refractivity (Wildman–Crippen MR) is 69.9 cm³/mol. The maximum Gasteiger partial charge on any atom is 0.338 e. The largest absolute Gasteiger partial charge is 0.489 e. The summed E-state index contributed by atoms with van der Waals surface area (Å²) < 4.78 is 10.3. The fourth-order valence-electron chi connectivity index (χ4n) is 1.91. The van der Waals surface area contributed by atoms with Gasteiger partial charge < -0.3 is 20.5 Å². The SMILES string of the molecule is C=CC[C@@H]1COc2cc(C(=O)OC)cc(N)c2N1. The van der Waals surface area contributed by atoms with Crippen molar-refractivity contribution in [2.45, 2.75) is 12.5 Å². The molecule has 5 heteroatoms. The molecule has 1 aliphatic heterocycles. The van der Waals surface area contributed by atoms with E-state index < -0.39 is 5.97 Å². The predicted octanol–water partition coefficient (Wildman–Crippen LogP) is 1.80. The number of esters is 1. The third kappa shape index (κ3) is 2.25. The highest BCUT2D eigenvalue weighted by Gasteiger charge is 2.22. The molecule has 1 atom stereocenters. The van der Waals surface area contributed by atoms with E-state index in [2.05, 4.69) is 16.6 Å². The first-order valence-corrected chi connectivity index (χ1v) is 5.67. The molecule has 1 aromatic rings. The van der Waals surface area contributed by atoms with Crippen LogP contribution in [-0.4, -0.2) is 25.7 Å². The Morgan fingerprint density at radius 2 is 2.50 bits per heavy atom. The molecule has 1 heterocycles. The van der Waals surface area contributed by atoms with Crippen LogP contribution in [0.4, 0.5) is 11.4 Å². The Morgan fingerprint density at radius 3 is 3.17 bits per heavy atom. The summed E-state index contributed by atoms with van der Waals surface area (Å²) in [5.74, 6) is 0.150. The van der Waals surface area contributed by atoms with E-state index in [1.54, 1.807) is 12.1 Å². The number of anilines is 2. The zero-order chi connectivity index (χ0) is 13.1. The van der Waals surface area contributed by atoms with Gasteiger partial charge in [-0.3, -0.25) is 0 Å². The van der Waals surface area contributed by atoms with Gasteiger partial charge in [0.15, 0.2) is 0 Å². The van der Waals surface area contributed by atoms with Gasteiger partial charge in [0.2, 0.25) is 0 Å². The molecule has 1 aliphatic rings. The maximum atomic E-state index is 11.5. The second kappa shape index (κ2) is 5.00. The zero-order valence-electron chi connectivity index (χ0n) is 10.2. The molecular formula is C13H16N2O3. The van der Waals surface area contributed by atoms with E-state index in [1.165, 1.54) is 7.11 Å². The van der Waals surface area contributed by atoms with Crippen LogP contribution in [0, 0.1) is 0 Å². The molecule has 0 amide bonds. The molecule has 0 aromatic heterocycles. The number of hydrogen-bond acceptors (Lipinski definition) is 5. The molecule has 0 unspecified atom stereocenters. The van der Waals surface area contributed by atoms with Gasteiger partial charge in [0, 0.05) is 0 Å². The van der Waals surface area contributed by atoms with Crippen molar-refractivity contribution in [1.29, 1.82) is 0 Å². The Labute approximate surface area is 106 Å². The second-order valence-corrected chi connectivity index (χ2v) is 4.11. The smallest absolute Gasteiger partial charge is 0.338 e. The first-order chi connectivity index (χ1) is 8.65. The highest BCUT2D eigenvalue weighted by molar-refractivity contribution is 5.93. The van der Waals surface area contributed by atoms with Gasteiger partial charge >= 0.3 is 5.97 Å². The maximum absolute atomic E-state index is 11.5. The van der Waals surface area contributed by atoms with Gasteiger partial charge in [-0.05, 0) is 18.6 Å². The minimum Gasteiger partial charge on any atom is -0.489 e. The fourth-order valence-corrected chi connectivity index (χ4v) is 1.91. The number of methoxy groups -OCH3 is 1. The lowest BCUT2D eigenvalue weighted by Gasteiger charge is -2.28. The molecule has 2 rings (SSSR count). The number of carbonyl (C=O) groups excluding carboxylic acids is 1. The van der Waals surface area contributed by atoms with E-state index in [1.807, 2.05) is 6.08 Å². The molecule has 96 valence electrons. The molecule has 0 spiro atoms. The van der Waals surface area contributed by atoms with Gasteiger partial charge in [-0.15, -0.1) is 6.58 Å². The van der Waals surface area contributed by atoms with Crippen molar-refractivity contribution in [2.24, 2.45) is 0 Å². The van der Waals surface area contributed by atoms with Crippen LogP contribution in [0.5, 0.6) is 5.75 Å². The van der Waals surface area contributed by atoms with E-state index >= 15 is 0 Å². The molecule has 18 heavy (non-hydrogen) atoms. The summed E-state index contributed by atoms with van der Waals surface area (Å²) in [5, 5.41) is 3.28. The summed E-state index contributed by atoms with van der Waals surface area (Å²) in [4.78, 5) is 11.5. The van der Waals surface area contributed by atoms with Gasteiger partial charge in [0.05, 0.1) is 24.4 Å². The highest BCUT2D eigenvalue weighted by atomic mass is 16.5. The van der Waals surface area contributed by atoms with Crippen molar-refractivity contribution >= 4 is 17.3 Å². The lowest BCUT2D eigenvalue weighted by Crippen LogP contribution is -2.31. The first kappa shape index (κ1) is 12.3. The van der Waals surface area contributed by atoms with Gasteiger partial charge in [-0.25, -0.2) is 4.79 Å². The topological polar surface area (TPSA) is 73.6 Å². The number of rotatable bonds is 3. The third-order valence-corrected chi connectivity index (χ3v) is 2.79. The molecule has 0 radical (unpaired) electrons. The van der Waals surface area contributed by atoms with Gasteiger partial charge in [0.1, 0.15) is 18.0 Å². The summed E-state index contributed by atoms with van der Waals surface area (Å²) >= 11 is 0. The molecule has 0 aliphatic carbocycles. The Balaban J connectivity index is 2.31. The summed E-state index contributed by atoms with van der Waals surface area (Å²) in [6, 6.07) is 3.37. The number of nitrogens with two attached hydrogens (primary N) is 1. The van der Waals surface area contributed by atoms with Crippen LogP contribution in [0.2, 0.25) is 0 Å². The normalized spacial score (nSPS) is 17.1. The molecule has 3 N–H and O–H groups in total. The molecule has 0 fully saturated rings. The zero-order valence-corrected chi connectivity index (χ0v) is 10.2. The average Bonchev–Trinajstić information content (AvgIpc) is 2.38. The Bertz CT molecular complexity index is 485. The van der Waals surface area contributed by atoms with Crippen LogP contribution in [0.25, 0.3) is 0 Å². The number of nitrogens with one attached hydrogen (secondary N) is 1. The number of nitrogen functional groups attached to an aromatic ring is 1. The van der Waals surface area contributed by atoms with Crippen molar-refractivity contribution in [3.63, 3.8) is 0 Å². The quantitative estimate of drug-likeness (QED) is 0.485. The number of fused-ring (bicyclic) bond motifs is 1. The van der Waals surface area contributed by atoms with Crippen molar-refractivity contribution in [2.75, 3.05) is 24.8 Å². The number of carbonyl (C=O) groups is 1. The van der Waals surface area contributed by atoms with Crippen LogP contribution >= 0.6 is 0 Å². The Morgan fingerprint density at radius 1 is 1.72 bits per heavy atom. The molecule has 0 saturated heterocycles. The monoisotopic (exact) mass is 248 g/mol. The van der Waals surface area contributed by atoms with Crippen molar-refractivity contribution < 1.29 is 14.3 Å². The lowest BCUT2D eigenvalue weighted by molar-refractivity contribution is 0.0600. The van der Waals surface area contributed by atoms with E-state index in [0.29, 0.717) is 23.6 Å². The minimum atomic E-state index is -0.429. The highest BCUT2D eigenvalue weighted by Crippen LogP contribution is 2.36. The lowest BCUT2D eigenvalue weighted by atomic mass is 10.1. The number of hydrogen-bond donors (Lipinski definition) is 2. The average molecular weight is 248 g/mol. The number of ether oxygens (including phenoxy) is 2. The molecular weight excluding hydrogens is 232 g/mol.